The highest BCUT2D eigenvalue weighted by Crippen LogP contribution is 2.25. The quantitative estimate of drug-likeness (QED) is 0.701. The van der Waals surface area contributed by atoms with Gasteiger partial charge in [0.2, 0.25) is 0 Å². The van der Waals surface area contributed by atoms with Gasteiger partial charge >= 0.3 is 0 Å². The fourth-order valence-corrected chi connectivity index (χ4v) is 3.37. The Morgan fingerprint density at radius 2 is 1.59 bits per heavy atom. The molecule has 5 heteroatoms. The summed E-state index contributed by atoms with van der Waals surface area (Å²) in [5.74, 6) is 0.126. The molecule has 0 radical (unpaired) electrons. The van der Waals surface area contributed by atoms with Gasteiger partial charge in [-0.15, -0.1) is 0 Å². The van der Waals surface area contributed by atoms with Crippen LogP contribution >= 0.6 is 0 Å². The van der Waals surface area contributed by atoms with Crippen molar-refractivity contribution in [2.24, 2.45) is 0 Å². The van der Waals surface area contributed by atoms with E-state index in [9.17, 15) is 9.18 Å². The average Bonchev–Trinajstić information content (AvgIpc) is 3.19. The number of carbonyl (C=O) groups excluding carboxylic acids is 1. The number of benzene rings is 2. The average molecular weight is 364 g/mol. The molecule has 2 heterocycles. The number of nitrogens with zero attached hydrogens (tertiary/aromatic N) is 2. The van der Waals surface area contributed by atoms with E-state index < -0.39 is 0 Å². The van der Waals surface area contributed by atoms with Crippen LogP contribution in [0.4, 0.5) is 4.39 Å². The Bertz CT molecular complexity index is 915. The number of rotatable bonds is 4. The predicted molar refractivity (Wildman–Crippen MR) is 102 cm³/mol. The highest BCUT2D eigenvalue weighted by Gasteiger charge is 2.24. The molecule has 0 N–H and O–H groups in total. The third-order valence-corrected chi connectivity index (χ3v) is 4.86. The molecule has 1 saturated heterocycles. The second kappa shape index (κ2) is 7.76. The summed E-state index contributed by atoms with van der Waals surface area (Å²) in [6.45, 7) is 3.84. The molecule has 0 bridgehead atoms. The molecule has 0 atom stereocenters. The number of halogens is 1. The van der Waals surface area contributed by atoms with Crippen molar-refractivity contribution < 1.29 is 13.6 Å². The van der Waals surface area contributed by atoms with Crippen molar-refractivity contribution in [1.29, 1.82) is 0 Å². The molecule has 0 saturated carbocycles. The van der Waals surface area contributed by atoms with Gasteiger partial charge in [-0.2, -0.15) is 0 Å². The van der Waals surface area contributed by atoms with Gasteiger partial charge < -0.3 is 9.32 Å². The Morgan fingerprint density at radius 3 is 2.33 bits per heavy atom. The zero-order valence-corrected chi connectivity index (χ0v) is 15.0. The lowest BCUT2D eigenvalue weighted by Gasteiger charge is -2.34. The number of hydrogen-bond acceptors (Lipinski definition) is 3. The van der Waals surface area contributed by atoms with Crippen molar-refractivity contribution in [2.75, 3.05) is 26.2 Å². The number of amides is 1. The normalized spacial score (nSPS) is 15.1. The van der Waals surface area contributed by atoms with E-state index in [0.29, 0.717) is 24.4 Å². The first-order chi connectivity index (χ1) is 13.2. The minimum absolute atomic E-state index is 0.142. The lowest BCUT2D eigenvalue weighted by Crippen LogP contribution is -2.48. The molecule has 3 aromatic rings. The van der Waals surface area contributed by atoms with Gasteiger partial charge in [-0.05, 0) is 29.8 Å². The van der Waals surface area contributed by atoms with Gasteiger partial charge in [0.05, 0.1) is 5.56 Å². The third-order valence-electron chi connectivity index (χ3n) is 4.86. The SMILES string of the molecule is O=C(c1ccc(-c2ccccc2F)o1)N1CCN(Cc2ccccc2)CC1. The first kappa shape index (κ1) is 17.5. The van der Waals surface area contributed by atoms with Crippen LogP contribution in [0.5, 0.6) is 0 Å². The molecular formula is C22H21FN2O2. The van der Waals surface area contributed by atoms with Crippen LogP contribution in [-0.2, 0) is 6.54 Å². The number of carbonyl (C=O) groups is 1. The smallest absolute Gasteiger partial charge is 0.289 e. The van der Waals surface area contributed by atoms with E-state index in [0.717, 1.165) is 19.6 Å². The van der Waals surface area contributed by atoms with Crippen molar-refractivity contribution in [1.82, 2.24) is 9.80 Å². The van der Waals surface area contributed by atoms with E-state index >= 15 is 0 Å². The van der Waals surface area contributed by atoms with E-state index in [2.05, 4.69) is 17.0 Å². The van der Waals surface area contributed by atoms with Crippen LogP contribution in [0, 0.1) is 5.82 Å². The summed E-state index contributed by atoms with van der Waals surface area (Å²) in [5.41, 5.74) is 1.64. The molecular weight excluding hydrogens is 343 g/mol. The molecule has 1 amide bonds. The maximum atomic E-state index is 13.9. The van der Waals surface area contributed by atoms with E-state index in [1.165, 1.54) is 11.6 Å². The van der Waals surface area contributed by atoms with Crippen LogP contribution in [-0.4, -0.2) is 41.9 Å². The Balaban J connectivity index is 1.38. The van der Waals surface area contributed by atoms with Gasteiger partial charge in [0.15, 0.2) is 5.76 Å². The number of hydrogen-bond donors (Lipinski definition) is 0. The minimum Gasteiger partial charge on any atom is -0.451 e. The molecule has 0 spiro atoms. The van der Waals surface area contributed by atoms with E-state index in [4.69, 9.17) is 4.42 Å². The standard InChI is InChI=1S/C22H21FN2O2/c23-19-9-5-4-8-18(19)20-10-11-21(27-20)22(26)25-14-12-24(13-15-25)16-17-6-2-1-3-7-17/h1-11H,12-16H2. The van der Waals surface area contributed by atoms with Gasteiger partial charge in [0.25, 0.3) is 5.91 Å². The van der Waals surface area contributed by atoms with Crippen LogP contribution in [0.3, 0.4) is 0 Å². The van der Waals surface area contributed by atoms with Crippen molar-refractivity contribution in [3.05, 3.63) is 83.9 Å². The minimum atomic E-state index is -0.361. The van der Waals surface area contributed by atoms with Crippen molar-refractivity contribution in [3.8, 4) is 11.3 Å². The molecule has 1 aromatic heterocycles. The van der Waals surface area contributed by atoms with Gasteiger partial charge in [0.1, 0.15) is 11.6 Å². The lowest BCUT2D eigenvalue weighted by molar-refractivity contribution is 0.0598. The first-order valence-corrected chi connectivity index (χ1v) is 9.11. The first-order valence-electron chi connectivity index (χ1n) is 9.11. The molecule has 1 aliphatic rings. The fourth-order valence-electron chi connectivity index (χ4n) is 3.37. The Labute approximate surface area is 157 Å². The summed E-state index contributed by atoms with van der Waals surface area (Å²) in [7, 11) is 0. The molecule has 1 aliphatic heterocycles. The summed E-state index contributed by atoms with van der Waals surface area (Å²) in [6, 6.07) is 20.0. The zero-order chi connectivity index (χ0) is 18.6. The maximum absolute atomic E-state index is 13.9. The fraction of sp³-hybridized carbons (Fsp3) is 0.227. The largest absolute Gasteiger partial charge is 0.451 e. The van der Waals surface area contributed by atoms with Crippen molar-refractivity contribution in [2.45, 2.75) is 6.54 Å². The lowest BCUT2D eigenvalue weighted by atomic mass is 10.1. The summed E-state index contributed by atoms with van der Waals surface area (Å²) < 4.78 is 19.5. The molecule has 0 aliphatic carbocycles. The highest BCUT2D eigenvalue weighted by molar-refractivity contribution is 5.92. The van der Waals surface area contributed by atoms with Gasteiger partial charge in [0, 0.05) is 32.7 Å². The molecule has 27 heavy (non-hydrogen) atoms. The van der Waals surface area contributed by atoms with Crippen LogP contribution in [0.2, 0.25) is 0 Å². The summed E-state index contributed by atoms with van der Waals surface area (Å²) in [5, 5.41) is 0. The molecule has 4 nitrogen and oxygen atoms in total. The second-order valence-corrected chi connectivity index (χ2v) is 6.70. The monoisotopic (exact) mass is 364 g/mol. The van der Waals surface area contributed by atoms with Gasteiger partial charge in [-0.25, -0.2) is 4.39 Å². The summed E-state index contributed by atoms with van der Waals surface area (Å²) >= 11 is 0. The number of furan rings is 1. The summed E-state index contributed by atoms with van der Waals surface area (Å²) in [4.78, 5) is 16.9. The zero-order valence-electron chi connectivity index (χ0n) is 15.0. The predicted octanol–water partition coefficient (Wildman–Crippen LogP) is 4.04. The summed E-state index contributed by atoms with van der Waals surface area (Å²) in [6.07, 6.45) is 0. The molecule has 138 valence electrons. The molecule has 4 rings (SSSR count). The van der Waals surface area contributed by atoms with Crippen LogP contribution in [0.15, 0.2) is 71.1 Å². The third kappa shape index (κ3) is 3.93. The van der Waals surface area contributed by atoms with E-state index in [1.807, 2.05) is 18.2 Å². The Morgan fingerprint density at radius 1 is 0.889 bits per heavy atom. The Kier molecular flexibility index (Phi) is 5.03. The van der Waals surface area contributed by atoms with Crippen LogP contribution in [0.25, 0.3) is 11.3 Å². The van der Waals surface area contributed by atoms with Crippen LogP contribution < -0.4 is 0 Å². The van der Waals surface area contributed by atoms with Crippen molar-refractivity contribution in [3.63, 3.8) is 0 Å². The number of piperazine rings is 1. The van der Waals surface area contributed by atoms with Gasteiger partial charge in [-0.3, -0.25) is 9.69 Å². The molecule has 1 fully saturated rings. The molecule has 2 aromatic carbocycles. The molecule has 0 unspecified atom stereocenters. The van der Waals surface area contributed by atoms with Crippen molar-refractivity contribution >= 4 is 5.91 Å². The van der Waals surface area contributed by atoms with E-state index in [1.54, 1.807) is 35.2 Å². The second-order valence-electron chi connectivity index (χ2n) is 6.70. The highest BCUT2D eigenvalue weighted by atomic mass is 19.1. The Hall–Kier alpha value is -2.92. The maximum Gasteiger partial charge on any atom is 0.289 e. The van der Waals surface area contributed by atoms with E-state index in [-0.39, 0.29) is 17.5 Å². The van der Waals surface area contributed by atoms with Crippen LogP contribution in [0.1, 0.15) is 16.1 Å². The van der Waals surface area contributed by atoms with Gasteiger partial charge in [-0.1, -0.05) is 42.5 Å². The topological polar surface area (TPSA) is 36.7 Å².